The number of carbonyl (C=O) groups is 3. The van der Waals surface area contributed by atoms with Gasteiger partial charge in [-0.1, -0.05) is 11.8 Å². The highest BCUT2D eigenvalue weighted by Crippen LogP contribution is 2.24. The Balaban J connectivity index is 2.65. The molecule has 0 radical (unpaired) electrons. The van der Waals surface area contributed by atoms with Gasteiger partial charge in [-0.25, -0.2) is 0 Å². The zero-order chi connectivity index (χ0) is 9.30. The van der Waals surface area contributed by atoms with Crippen LogP contribution in [0.1, 0.15) is 13.3 Å². The van der Waals surface area contributed by atoms with E-state index < -0.39 is 5.25 Å². The highest BCUT2D eigenvalue weighted by molar-refractivity contribution is 8.14. The Labute approximate surface area is 74.3 Å². The number of thioether (sulfide) groups is 1. The first kappa shape index (κ1) is 9.25. The Hall–Kier alpha value is -0.840. The van der Waals surface area contributed by atoms with E-state index >= 15 is 0 Å². The maximum absolute atomic E-state index is 11.2. The Morgan fingerprint density at radius 1 is 1.58 bits per heavy atom. The van der Waals surface area contributed by atoms with Gasteiger partial charge in [-0.2, -0.15) is 0 Å². The fraction of sp³-hybridized carbons (Fsp3) is 0.571. The zero-order valence-electron chi connectivity index (χ0n) is 6.86. The zero-order valence-corrected chi connectivity index (χ0v) is 7.68. The molecule has 12 heavy (non-hydrogen) atoms. The van der Waals surface area contributed by atoms with Gasteiger partial charge in [-0.3, -0.25) is 19.3 Å². The summed E-state index contributed by atoms with van der Waals surface area (Å²) in [5.41, 5.74) is 0. The van der Waals surface area contributed by atoms with Crippen molar-refractivity contribution in [3.63, 3.8) is 0 Å². The lowest BCUT2D eigenvalue weighted by Crippen LogP contribution is -2.26. The molecule has 0 bridgehead atoms. The molecule has 1 atom stereocenters. The number of nitrogens with zero attached hydrogens (tertiary/aromatic N) is 1. The summed E-state index contributed by atoms with van der Waals surface area (Å²) in [6.45, 7) is 1.39. The summed E-state index contributed by atoms with van der Waals surface area (Å²) in [5.74, 6) is -0.473. The van der Waals surface area contributed by atoms with Crippen molar-refractivity contribution in [2.45, 2.75) is 18.6 Å². The summed E-state index contributed by atoms with van der Waals surface area (Å²) in [6.07, 6.45) is 0.152. The van der Waals surface area contributed by atoms with Crippen LogP contribution in [0, 0.1) is 0 Å². The molecule has 66 valence electrons. The van der Waals surface area contributed by atoms with Gasteiger partial charge in [0.1, 0.15) is 5.25 Å². The van der Waals surface area contributed by atoms with Gasteiger partial charge in [0.15, 0.2) is 5.12 Å². The van der Waals surface area contributed by atoms with Gasteiger partial charge in [0.2, 0.25) is 11.8 Å². The van der Waals surface area contributed by atoms with E-state index in [4.69, 9.17) is 0 Å². The van der Waals surface area contributed by atoms with Gasteiger partial charge in [-0.15, -0.1) is 0 Å². The Morgan fingerprint density at radius 3 is 2.50 bits per heavy atom. The van der Waals surface area contributed by atoms with E-state index in [1.165, 1.54) is 14.0 Å². The molecule has 1 saturated heterocycles. The van der Waals surface area contributed by atoms with Crippen LogP contribution in [0.15, 0.2) is 0 Å². The molecule has 1 unspecified atom stereocenters. The Morgan fingerprint density at radius 2 is 2.17 bits per heavy atom. The molecule has 1 rings (SSSR count). The minimum Gasteiger partial charge on any atom is -0.288 e. The molecule has 0 aromatic rings. The third kappa shape index (κ3) is 1.66. The third-order valence-corrected chi connectivity index (χ3v) is 2.63. The van der Waals surface area contributed by atoms with Crippen molar-refractivity contribution >= 4 is 28.7 Å². The van der Waals surface area contributed by atoms with Gasteiger partial charge >= 0.3 is 0 Å². The lowest BCUT2D eigenvalue weighted by Gasteiger charge is -2.05. The average Bonchev–Trinajstić information content (AvgIpc) is 2.17. The first-order valence-electron chi connectivity index (χ1n) is 3.50. The summed E-state index contributed by atoms with van der Waals surface area (Å²) in [6, 6.07) is 0. The molecule has 0 aliphatic carbocycles. The van der Waals surface area contributed by atoms with Crippen LogP contribution in [0.5, 0.6) is 0 Å². The van der Waals surface area contributed by atoms with Crippen molar-refractivity contribution in [3.8, 4) is 0 Å². The lowest BCUT2D eigenvalue weighted by atomic mass is 10.4. The number of hydrogen-bond acceptors (Lipinski definition) is 4. The number of hydrogen-bond donors (Lipinski definition) is 0. The highest BCUT2D eigenvalue weighted by atomic mass is 32.2. The van der Waals surface area contributed by atoms with Gasteiger partial charge in [0.25, 0.3) is 0 Å². The van der Waals surface area contributed by atoms with Gasteiger partial charge in [0, 0.05) is 20.4 Å². The highest BCUT2D eigenvalue weighted by Gasteiger charge is 2.37. The lowest BCUT2D eigenvalue weighted by molar-refractivity contribution is -0.136. The second-order valence-corrected chi connectivity index (χ2v) is 3.97. The Bertz CT molecular complexity index is 249. The second kappa shape index (κ2) is 3.26. The number of rotatable bonds is 1. The first-order valence-corrected chi connectivity index (χ1v) is 4.38. The van der Waals surface area contributed by atoms with E-state index in [0.717, 1.165) is 16.7 Å². The van der Waals surface area contributed by atoms with Crippen LogP contribution in [0.2, 0.25) is 0 Å². The molecule has 0 aromatic heterocycles. The minimum absolute atomic E-state index is 0.128. The van der Waals surface area contributed by atoms with Crippen molar-refractivity contribution in [2.24, 2.45) is 0 Å². The monoisotopic (exact) mass is 187 g/mol. The van der Waals surface area contributed by atoms with E-state index in [-0.39, 0.29) is 23.4 Å². The molecule has 0 saturated carbocycles. The molecule has 0 spiro atoms. The maximum Gasteiger partial charge on any atom is 0.243 e. The molecule has 1 aliphatic rings. The summed E-state index contributed by atoms with van der Waals surface area (Å²) < 4.78 is 0. The van der Waals surface area contributed by atoms with Crippen molar-refractivity contribution in [1.29, 1.82) is 0 Å². The molecule has 0 aromatic carbocycles. The number of likely N-dealkylation sites (tertiary alicyclic amines) is 1. The molecular formula is C7H9NO3S. The van der Waals surface area contributed by atoms with Crippen LogP contribution in [0.3, 0.4) is 0 Å². The van der Waals surface area contributed by atoms with Crippen LogP contribution in [-0.2, 0) is 14.4 Å². The summed E-state index contributed by atoms with van der Waals surface area (Å²) in [5, 5.41) is -0.614. The second-order valence-electron chi connectivity index (χ2n) is 2.59. The average molecular weight is 187 g/mol. The topological polar surface area (TPSA) is 54.5 Å². The van der Waals surface area contributed by atoms with Crippen molar-refractivity contribution in [2.75, 3.05) is 7.05 Å². The van der Waals surface area contributed by atoms with Gasteiger partial charge in [-0.05, 0) is 0 Å². The van der Waals surface area contributed by atoms with Crippen LogP contribution in [0.25, 0.3) is 0 Å². The van der Waals surface area contributed by atoms with Crippen LogP contribution in [0.4, 0.5) is 0 Å². The summed E-state index contributed by atoms with van der Waals surface area (Å²) in [7, 11) is 1.44. The number of carbonyl (C=O) groups excluding carboxylic acids is 3. The molecule has 1 fully saturated rings. The largest absolute Gasteiger partial charge is 0.288 e. The Kier molecular flexibility index (Phi) is 2.52. The van der Waals surface area contributed by atoms with Crippen LogP contribution >= 0.6 is 11.8 Å². The fourth-order valence-electron chi connectivity index (χ4n) is 1.01. The first-order chi connectivity index (χ1) is 5.52. The smallest absolute Gasteiger partial charge is 0.243 e. The van der Waals surface area contributed by atoms with E-state index in [1.54, 1.807) is 0 Å². The van der Waals surface area contributed by atoms with E-state index in [1.807, 2.05) is 0 Å². The molecule has 1 heterocycles. The predicted molar refractivity (Wildman–Crippen MR) is 44.5 cm³/mol. The molecule has 2 amide bonds. The summed E-state index contributed by atoms with van der Waals surface area (Å²) in [4.78, 5) is 33.8. The molecule has 5 heteroatoms. The van der Waals surface area contributed by atoms with Crippen molar-refractivity contribution in [1.82, 2.24) is 4.90 Å². The van der Waals surface area contributed by atoms with E-state index in [2.05, 4.69) is 0 Å². The maximum atomic E-state index is 11.2. The summed E-state index contributed by atoms with van der Waals surface area (Å²) >= 11 is 0.927. The minimum atomic E-state index is -0.486. The number of imide groups is 1. The quantitative estimate of drug-likeness (QED) is 0.543. The van der Waals surface area contributed by atoms with Crippen molar-refractivity contribution in [3.05, 3.63) is 0 Å². The van der Waals surface area contributed by atoms with Gasteiger partial charge < -0.3 is 0 Å². The molecule has 0 N–H and O–H groups in total. The molecule has 1 aliphatic heterocycles. The van der Waals surface area contributed by atoms with Crippen molar-refractivity contribution < 1.29 is 14.4 Å². The normalized spacial score (nSPS) is 23.5. The van der Waals surface area contributed by atoms with E-state index in [0.29, 0.717) is 0 Å². The molecule has 4 nitrogen and oxygen atoms in total. The van der Waals surface area contributed by atoms with Crippen LogP contribution in [-0.4, -0.2) is 34.1 Å². The number of amides is 2. The van der Waals surface area contributed by atoms with E-state index in [9.17, 15) is 14.4 Å². The van der Waals surface area contributed by atoms with Crippen LogP contribution < -0.4 is 0 Å². The third-order valence-electron chi connectivity index (χ3n) is 1.65. The SMILES string of the molecule is CC(=O)SC1CC(=O)N(C)C1=O. The molecular weight excluding hydrogens is 178 g/mol. The fourth-order valence-corrected chi connectivity index (χ4v) is 1.90. The predicted octanol–water partition coefficient (Wildman–Crippen LogP) is 0.0234. The van der Waals surface area contributed by atoms with Gasteiger partial charge in [0.05, 0.1) is 0 Å². The standard InChI is InChI=1S/C7H9NO3S/c1-4(9)12-5-3-6(10)8(2)7(5)11/h5H,3H2,1-2H3.